The maximum atomic E-state index is 12.0. The minimum Gasteiger partial charge on any atom is -0.480 e. The predicted octanol–water partition coefficient (Wildman–Crippen LogP) is -1.17. The molecule has 1 aromatic rings. The molecule has 0 fully saturated rings. The van der Waals surface area contributed by atoms with Crippen LogP contribution in [-0.2, 0) is 26.0 Å². The fourth-order valence-corrected chi connectivity index (χ4v) is 2.89. The standard InChI is InChI=1S/C11H15N3O5S/c12-10(15)7-14(8-11(16)17)20(18,19)6-3-9-1-4-13-5-2-9/h1-2,4-5H,3,6-8H2,(H2,12,15)(H,16,17). The molecule has 0 aliphatic heterocycles. The molecule has 0 radical (unpaired) electrons. The van der Waals surface area contributed by atoms with E-state index in [1.165, 1.54) is 12.4 Å². The van der Waals surface area contributed by atoms with Gasteiger partial charge >= 0.3 is 5.97 Å². The number of rotatable bonds is 8. The third-order valence-corrected chi connectivity index (χ3v) is 4.20. The lowest BCUT2D eigenvalue weighted by Crippen LogP contribution is -2.42. The molecule has 0 aliphatic rings. The molecule has 0 saturated heterocycles. The summed E-state index contributed by atoms with van der Waals surface area (Å²) in [4.78, 5) is 25.3. The SMILES string of the molecule is NC(=O)CN(CC(=O)O)S(=O)(=O)CCc1ccncc1. The third kappa shape index (κ3) is 5.33. The molecule has 1 aromatic heterocycles. The molecule has 0 atom stereocenters. The van der Waals surface area contributed by atoms with E-state index in [1.54, 1.807) is 12.1 Å². The van der Waals surface area contributed by atoms with Crippen molar-refractivity contribution in [2.75, 3.05) is 18.8 Å². The number of amides is 1. The Balaban J connectivity index is 2.76. The number of carboxylic acid groups (broad SMARTS) is 1. The zero-order valence-electron chi connectivity index (χ0n) is 10.6. The lowest BCUT2D eigenvalue weighted by Gasteiger charge is -2.18. The van der Waals surface area contributed by atoms with Gasteiger partial charge in [0.05, 0.1) is 12.3 Å². The number of aryl methyl sites for hydroxylation is 1. The highest BCUT2D eigenvalue weighted by Crippen LogP contribution is 2.06. The molecule has 0 spiro atoms. The average molecular weight is 301 g/mol. The Morgan fingerprint density at radius 1 is 1.25 bits per heavy atom. The van der Waals surface area contributed by atoms with Crippen LogP contribution in [0.1, 0.15) is 5.56 Å². The van der Waals surface area contributed by atoms with E-state index < -0.39 is 35.0 Å². The number of carboxylic acids is 1. The minimum atomic E-state index is -3.88. The average Bonchev–Trinajstić information content (AvgIpc) is 2.36. The molecule has 8 nitrogen and oxygen atoms in total. The first-order chi connectivity index (χ1) is 9.31. The first-order valence-corrected chi connectivity index (χ1v) is 7.29. The highest BCUT2D eigenvalue weighted by Gasteiger charge is 2.25. The number of nitrogens with two attached hydrogens (primary N) is 1. The minimum absolute atomic E-state index is 0.194. The predicted molar refractivity (Wildman–Crippen MR) is 70.1 cm³/mol. The van der Waals surface area contributed by atoms with Crippen molar-refractivity contribution < 1.29 is 23.1 Å². The molecule has 9 heteroatoms. The van der Waals surface area contributed by atoms with Crippen molar-refractivity contribution in [1.82, 2.24) is 9.29 Å². The topological polar surface area (TPSA) is 131 Å². The van der Waals surface area contributed by atoms with Crippen molar-refractivity contribution >= 4 is 21.9 Å². The fourth-order valence-electron chi connectivity index (χ4n) is 1.50. The molecule has 110 valence electrons. The van der Waals surface area contributed by atoms with Gasteiger partial charge in [-0.2, -0.15) is 4.31 Å². The van der Waals surface area contributed by atoms with Crippen molar-refractivity contribution in [3.63, 3.8) is 0 Å². The van der Waals surface area contributed by atoms with Crippen LogP contribution in [0.5, 0.6) is 0 Å². The summed E-state index contributed by atoms with van der Waals surface area (Å²) in [6, 6.07) is 3.32. The largest absolute Gasteiger partial charge is 0.480 e. The van der Waals surface area contributed by atoms with Crippen molar-refractivity contribution in [3.8, 4) is 0 Å². The van der Waals surface area contributed by atoms with Gasteiger partial charge in [0, 0.05) is 12.4 Å². The quantitative estimate of drug-likeness (QED) is 0.622. The van der Waals surface area contributed by atoms with Crippen LogP contribution in [0.25, 0.3) is 0 Å². The van der Waals surface area contributed by atoms with Crippen LogP contribution in [0.15, 0.2) is 24.5 Å². The Morgan fingerprint density at radius 3 is 2.35 bits per heavy atom. The summed E-state index contributed by atoms with van der Waals surface area (Å²) in [7, 11) is -3.88. The van der Waals surface area contributed by atoms with E-state index in [4.69, 9.17) is 10.8 Å². The van der Waals surface area contributed by atoms with Crippen LogP contribution in [0.3, 0.4) is 0 Å². The molecule has 0 bridgehead atoms. The number of hydrogen-bond donors (Lipinski definition) is 2. The number of sulfonamides is 1. The summed E-state index contributed by atoms with van der Waals surface area (Å²) in [5.41, 5.74) is 5.67. The zero-order chi connectivity index (χ0) is 15.2. The van der Waals surface area contributed by atoms with E-state index in [2.05, 4.69) is 4.98 Å². The molecular weight excluding hydrogens is 286 g/mol. The third-order valence-electron chi connectivity index (χ3n) is 2.44. The van der Waals surface area contributed by atoms with Crippen LogP contribution >= 0.6 is 0 Å². The molecular formula is C11H15N3O5S. The van der Waals surface area contributed by atoms with Gasteiger partial charge in [0.1, 0.15) is 6.54 Å². The van der Waals surface area contributed by atoms with Crippen molar-refractivity contribution in [3.05, 3.63) is 30.1 Å². The monoisotopic (exact) mass is 301 g/mol. The second-order valence-corrected chi connectivity index (χ2v) is 6.14. The molecule has 1 heterocycles. The lowest BCUT2D eigenvalue weighted by atomic mass is 10.2. The number of hydrogen-bond acceptors (Lipinski definition) is 5. The summed E-state index contributed by atoms with van der Waals surface area (Å²) in [5, 5.41) is 8.68. The lowest BCUT2D eigenvalue weighted by molar-refractivity contribution is -0.137. The number of aromatic nitrogens is 1. The van der Waals surface area contributed by atoms with Gasteiger partial charge in [0.25, 0.3) is 0 Å². The van der Waals surface area contributed by atoms with Gasteiger partial charge in [0.2, 0.25) is 15.9 Å². The van der Waals surface area contributed by atoms with E-state index in [0.29, 0.717) is 4.31 Å². The number of primary amides is 1. The van der Waals surface area contributed by atoms with Crippen LogP contribution in [0, 0.1) is 0 Å². The van der Waals surface area contributed by atoms with Crippen molar-refractivity contribution in [2.24, 2.45) is 5.73 Å². The maximum absolute atomic E-state index is 12.0. The van der Waals surface area contributed by atoms with Gasteiger partial charge < -0.3 is 10.8 Å². The van der Waals surface area contributed by atoms with E-state index >= 15 is 0 Å². The summed E-state index contributed by atoms with van der Waals surface area (Å²) < 4.78 is 24.6. The van der Waals surface area contributed by atoms with Crippen molar-refractivity contribution in [1.29, 1.82) is 0 Å². The molecule has 0 saturated carbocycles. The molecule has 20 heavy (non-hydrogen) atoms. The Labute approximate surface area is 116 Å². The highest BCUT2D eigenvalue weighted by atomic mass is 32.2. The summed E-state index contributed by atoms with van der Waals surface area (Å²) in [5.74, 6) is -2.56. The Bertz CT molecular complexity index is 557. The first-order valence-electron chi connectivity index (χ1n) is 5.68. The second-order valence-electron chi connectivity index (χ2n) is 4.05. The van der Waals surface area contributed by atoms with Crippen LogP contribution in [-0.4, -0.2) is 53.5 Å². The normalized spacial score (nSPS) is 11.4. The molecule has 0 aromatic carbocycles. The number of pyridine rings is 1. The Hall–Kier alpha value is -2.00. The van der Waals surface area contributed by atoms with E-state index in [9.17, 15) is 18.0 Å². The van der Waals surface area contributed by atoms with E-state index in [-0.39, 0.29) is 12.2 Å². The van der Waals surface area contributed by atoms with Crippen molar-refractivity contribution in [2.45, 2.75) is 6.42 Å². The van der Waals surface area contributed by atoms with E-state index in [1.807, 2.05) is 0 Å². The van der Waals surface area contributed by atoms with Gasteiger partial charge in [-0.05, 0) is 24.1 Å². The van der Waals surface area contributed by atoms with Gasteiger partial charge in [0.15, 0.2) is 0 Å². The Kier molecular flexibility index (Phi) is 5.59. The number of aliphatic carboxylic acids is 1. The van der Waals surface area contributed by atoms with Gasteiger partial charge in [-0.1, -0.05) is 0 Å². The number of carbonyl (C=O) groups excluding carboxylic acids is 1. The molecule has 3 N–H and O–H groups in total. The van der Waals surface area contributed by atoms with Gasteiger partial charge in [-0.3, -0.25) is 14.6 Å². The Morgan fingerprint density at radius 2 is 1.85 bits per heavy atom. The summed E-state index contributed by atoms with van der Waals surface area (Å²) in [6.07, 6.45) is 3.25. The number of nitrogens with zero attached hydrogens (tertiary/aromatic N) is 2. The van der Waals surface area contributed by atoms with Gasteiger partial charge in [-0.15, -0.1) is 0 Å². The zero-order valence-corrected chi connectivity index (χ0v) is 11.4. The second kappa shape index (κ2) is 6.96. The number of carbonyl (C=O) groups is 2. The maximum Gasteiger partial charge on any atom is 0.318 e. The van der Waals surface area contributed by atoms with Crippen LogP contribution in [0.2, 0.25) is 0 Å². The molecule has 0 unspecified atom stereocenters. The first kappa shape index (κ1) is 16.1. The summed E-state index contributed by atoms with van der Waals surface area (Å²) in [6.45, 7) is -1.44. The molecule has 1 rings (SSSR count). The van der Waals surface area contributed by atoms with Crippen LogP contribution in [0.4, 0.5) is 0 Å². The molecule has 1 amide bonds. The van der Waals surface area contributed by atoms with Gasteiger partial charge in [-0.25, -0.2) is 8.42 Å². The van der Waals surface area contributed by atoms with E-state index in [0.717, 1.165) is 5.56 Å². The smallest absolute Gasteiger partial charge is 0.318 e. The highest BCUT2D eigenvalue weighted by molar-refractivity contribution is 7.89. The molecule has 0 aliphatic carbocycles. The van der Waals surface area contributed by atoms with Crippen LogP contribution < -0.4 is 5.73 Å². The summed E-state index contributed by atoms with van der Waals surface area (Å²) >= 11 is 0. The fraction of sp³-hybridized carbons (Fsp3) is 0.364.